The Morgan fingerprint density at radius 3 is 3.05 bits per heavy atom. The molecular weight excluding hydrogens is 254 g/mol. The predicted molar refractivity (Wildman–Crippen MR) is 73.0 cm³/mol. The van der Waals surface area contributed by atoms with E-state index in [0.717, 1.165) is 25.3 Å². The van der Waals surface area contributed by atoms with E-state index in [1.54, 1.807) is 18.5 Å². The van der Waals surface area contributed by atoms with E-state index in [4.69, 9.17) is 5.26 Å². The highest BCUT2D eigenvalue weighted by atomic mass is 15.3. The molecule has 0 spiro atoms. The average molecular weight is 267 g/mol. The molecule has 2 aromatic rings. The number of hydrogen-bond acceptors (Lipinski definition) is 7. The minimum atomic E-state index is 0.291. The van der Waals surface area contributed by atoms with Crippen molar-refractivity contribution in [2.75, 3.05) is 23.3 Å². The van der Waals surface area contributed by atoms with Crippen molar-refractivity contribution in [2.24, 2.45) is 0 Å². The van der Waals surface area contributed by atoms with E-state index in [1.165, 1.54) is 6.33 Å². The van der Waals surface area contributed by atoms with Gasteiger partial charge in [0.15, 0.2) is 0 Å². The highest BCUT2D eigenvalue weighted by Gasteiger charge is 2.24. The Morgan fingerprint density at radius 1 is 1.30 bits per heavy atom. The van der Waals surface area contributed by atoms with Gasteiger partial charge in [-0.25, -0.2) is 19.9 Å². The van der Waals surface area contributed by atoms with Gasteiger partial charge in [0.25, 0.3) is 0 Å². The molecule has 1 N–H and O–H groups in total. The Bertz CT molecular complexity index is 622. The van der Waals surface area contributed by atoms with Crippen LogP contribution >= 0.6 is 0 Å². The summed E-state index contributed by atoms with van der Waals surface area (Å²) in [5, 5.41) is 12.2. The minimum Gasteiger partial charge on any atom is -0.365 e. The van der Waals surface area contributed by atoms with Crippen LogP contribution in [0.3, 0.4) is 0 Å². The lowest BCUT2D eigenvalue weighted by molar-refractivity contribution is 0.796. The molecule has 1 atom stereocenters. The maximum atomic E-state index is 8.87. The van der Waals surface area contributed by atoms with Crippen LogP contribution in [0.2, 0.25) is 0 Å². The molecule has 7 nitrogen and oxygen atoms in total. The summed E-state index contributed by atoms with van der Waals surface area (Å²) in [4.78, 5) is 18.5. The first-order valence-electron chi connectivity index (χ1n) is 6.36. The zero-order chi connectivity index (χ0) is 13.8. The Morgan fingerprint density at radius 2 is 2.25 bits per heavy atom. The third kappa shape index (κ3) is 2.64. The Balaban J connectivity index is 1.66. The quantitative estimate of drug-likeness (QED) is 0.880. The number of aromatic nitrogens is 4. The number of hydrogen-bond donors (Lipinski definition) is 1. The zero-order valence-electron chi connectivity index (χ0n) is 10.8. The van der Waals surface area contributed by atoms with Crippen molar-refractivity contribution in [3.63, 3.8) is 0 Å². The lowest BCUT2D eigenvalue weighted by Gasteiger charge is -2.16. The van der Waals surface area contributed by atoms with Crippen molar-refractivity contribution in [3.05, 3.63) is 36.5 Å². The van der Waals surface area contributed by atoms with Crippen LogP contribution in [0.5, 0.6) is 0 Å². The summed E-state index contributed by atoms with van der Waals surface area (Å²) < 4.78 is 0. The van der Waals surface area contributed by atoms with E-state index in [0.29, 0.717) is 17.7 Å². The number of nitrogens with zero attached hydrogens (tertiary/aromatic N) is 6. The maximum Gasteiger partial charge on any atom is 0.226 e. The van der Waals surface area contributed by atoms with Gasteiger partial charge in [-0.2, -0.15) is 5.26 Å². The number of rotatable bonds is 3. The van der Waals surface area contributed by atoms with Crippen molar-refractivity contribution in [1.29, 1.82) is 5.26 Å². The Kier molecular flexibility index (Phi) is 3.37. The second-order valence-electron chi connectivity index (χ2n) is 4.52. The van der Waals surface area contributed by atoms with Gasteiger partial charge in [0, 0.05) is 31.5 Å². The fourth-order valence-electron chi connectivity index (χ4n) is 2.21. The lowest BCUT2D eigenvalue weighted by atomic mass is 10.2. The van der Waals surface area contributed by atoms with E-state index in [1.807, 2.05) is 12.1 Å². The van der Waals surface area contributed by atoms with Crippen molar-refractivity contribution < 1.29 is 0 Å². The first-order valence-corrected chi connectivity index (χ1v) is 6.36. The van der Waals surface area contributed by atoms with Crippen molar-refractivity contribution >= 4 is 11.8 Å². The molecule has 0 aliphatic carbocycles. The molecule has 0 aromatic carbocycles. The number of nitrogens with one attached hydrogen (secondary N) is 1. The second-order valence-corrected chi connectivity index (χ2v) is 4.52. The van der Waals surface area contributed by atoms with E-state index in [-0.39, 0.29) is 0 Å². The molecule has 20 heavy (non-hydrogen) atoms. The SMILES string of the molecule is N#Cc1ccnc(N2CCC(Nc3ccncn3)C2)n1. The third-order valence-electron chi connectivity index (χ3n) is 3.16. The molecular formula is C13H13N7. The van der Waals surface area contributed by atoms with Crippen LogP contribution in [0.4, 0.5) is 11.8 Å². The van der Waals surface area contributed by atoms with Crippen LogP contribution in [0.1, 0.15) is 12.1 Å². The predicted octanol–water partition coefficient (Wildman–Crippen LogP) is 0.829. The van der Waals surface area contributed by atoms with Gasteiger partial charge >= 0.3 is 0 Å². The van der Waals surface area contributed by atoms with Gasteiger partial charge in [0.05, 0.1) is 0 Å². The van der Waals surface area contributed by atoms with E-state index >= 15 is 0 Å². The first-order chi connectivity index (χ1) is 9.85. The smallest absolute Gasteiger partial charge is 0.226 e. The van der Waals surface area contributed by atoms with Crippen molar-refractivity contribution in [3.8, 4) is 6.07 Å². The zero-order valence-corrected chi connectivity index (χ0v) is 10.8. The monoisotopic (exact) mass is 267 g/mol. The molecule has 1 fully saturated rings. The van der Waals surface area contributed by atoms with Gasteiger partial charge in [-0.05, 0) is 18.6 Å². The molecule has 0 amide bonds. The number of nitriles is 1. The van der Waals surface area contributed by atoms with Gasteiger partial charge in [-0.1, -0.05) is 0 Å². The largest absolute Gasteiger partial charge is 0.365 e. The van der Waals surface area contributed by atoms with Crippen LogP contribution in [-0.2, 0) is 0 Å². The molecule has 0 radical (unpaired) electrons. The lowest BCUT2D eigenvalue weighted by Crippen LogP contribution is -2.27. The Labute approximate surface area is 116 Å². The third-order valence-corrected chi connectivity index (χ3v) is 3.16. The van der Waals surface area contributed by atoms with Crippen LogP contribution in [0.15, 0.2) is 30.9 Å². The Hall–Kier alpha value is -2.75. The molecule has 1 aliphatic heterocycles. The standard InChI is InChI=1S/C13H13N7/c14-7-10-1-5-16-13(19-10)20-6-3-11(8-20)18-12-2-4-15-9-17-12/h1-2,4-5,9,11H,3,6,8H2,(H,15,17,18). The molecule has 1 saturated heterocycles. The average Bonchev–Trinajstić information content (AvgIpc) is 2.97. The molecule has 0 saturated carbocycles. The molecule has 0 bridgehead atoms. The second kappa shape index (κ2) is 5.48. The molecule has 1 aliphatic rings. The number of anilines is 2. The van der Waals surface area contributed by atoms with Crippen LogP contribution < -0.4 is 10.2 Å². The summed E-state index contributed by atoms with van der Waals surface area (Å²) >= 11 is 0. The van der Waals surface area contributed by atoms with Gasteiger partial charge in [-0.15, -0.1) is 0 Å². The maximum absolute atomic E-state index is 8.87. The van der Waals surface area contributed by atoms with Crippen LogP contribution in [0, 0.1) is 11.3 Å². The fourth-order valence-corrected chi connectivity index (χ4v) is 2.21. The minimum absolute atomic E-state index is 0.291. The van der Waals surface area contributed by atoms with Crippen LogP contribution in [0.25, 0.3) is 0 Å². The van der Waals surface area contributed by atoms with Crippen LogP contribution in [-0.4, -0.2) is 39.1 Å². The van der Waals surface area contributed by atoms with Crippen molar-refractivity contribution in [2.45, 2.75) is 12.5 Å². The molecule has 3 heterocycles. The van der Waals surface area contributed by atoms with Gasteiger partial charge in [-0.3, -0.25) is 0 Å². The normalized spacial score (nSPS) is 17.8. The molecule has 2 aromatic heterocycles. The summed E-state index contributed by atoms with van der Waals surface area (Å²) in [5.74, 6) is 1.43. The summed E-state index contributed by atoms with van der Waals surface area (Å²) in [6.07, 6.45) is 5.83. The molecule has 3 rings (SSSR count). The summed E-state index contributed by atoms with van der Waals surface area (Å²) in [5.41, 5.74) is 0.391. The van der Waals surface area contributed by atoms with E-state index in [9.17, 15) is 0 Å². The molecule has 1 unspecified atom stereocenters. The molecule has 7 heteroatoms. The molecule has 100 valence electrons. The van der Waals surface area contributed by atoms with E-state index < -0.39 is 0 Å². The summed E-state index contributed by atoms with van der Waals surface area (Å²) in [7, 11) is 0. The van der Waals surface area contributed by atoms with E-state index in [2.05, 4.69) is 30.2 Å². The summed E-state index contributed by atoms with van der Waals surface area (Å²) in [6, 6.07) is 5.77. The van der Waals surface area contributed by atoms with Gasteiger partial charge < -0.3 is 10.2 Å². The highest BCUT2D eigenvalue weighted by molar-refractivity contribution is 5.39. The van der Waals surface area contributed by atoms with Gasteiger partial charge in [0.2, 0.25) is 5.95 Å². The summed E-state index contributed by atoms with van der Waals surface area (Å²) in [6.45, 7) is 1.65. The van der Waals surface area contributed by atoms with Gasteiger partial charge in [0.1, 0.15) is 23.9 Å². The van der Waals surface area contributed by atoms with Crippen molar-refractivity contribution in [1.82, 2.24) is 19.9 Å². The topological polar surface area (TPSA) is 90.6 Å². The fraction of sp³-hybridized carbons (Fsp3) is 0.308. The first kappa shape index (κ1) is 12.3. The highest BCUT2D eigenvalue weighted by Crippen LogP contribution is 2.18.